The highest BCUT2D eigenvalue weighted by atomic mass is 16.5. The topological polar surface area (TPSA) is 63.5 Å². The third-order valence-corrected chi connectivity index (χ3v) is 4.93. The van der Waals surface area contributed by atoms with Gasteiger partial charge in [0, 0.05) is 43.8 Å². The van der Waals surface area contributed by atoms with Crippen LogP contribution in [0.3, 0.4) is 0 Å². The SMILES string of the molecule is COc1ccc(-n2nc(N3CCN(C)CCC3=O)cc2-c2ccccc2)cn1. The van der Waals surface area contributed by atoms with Gasteiger partial charge < -0.3 is 9.64 Å². The zero-order valence-corrected chi connectivity index (χ0v) is 16.1. The Labute approximate surface area is 164 Å². The first kappa shape index (κ1) is 18.2. The molecule has 0 bridgehead atoms. The van der Waals surface area contributed by atoms with E-state index in [4.69, 9.17) is 9.84 Å². The average molecular weight is 377 g/mol. The van der Waals surface area contributed by atoms with Crippen molar-refractivity contribution in [3.8, 4) is 22.8 Å². The van der Waals surface area contributed by atoms with Gasteiger partial charge in [0.2, 0.25) is 11.8 Å². The summed E-state index contributed by atoms with van der Waals surface area (Å²) in [5.41, 5.74) is 2.75. The molecule has 1 aliphatic heterocycles. The summed E-state index contributed by atoms with van der Waals surface area (Å²) in [5.74, 6) is 1.31. The molecule has 3 heterocycles. The van der Waals surface area contributed by atoms with Gasteiger partial charge in [-0.15, -0.1) is 5.10 Å². The Hall–Kier alpha value is -3.19. The molecule has 7 nitrogen and oxygen atoms in total. The van der Waals surface area contributed by atoms with Crippen LogP contribution in [0.5, 0.6) is 5.88 Å². The van der Waals surface area contributed by atoms with E-state index in [0.717, 1.165) is 30.0 Å². The number of amides is 1. The normalized spacial score (nSPS) is 15.5. The van der Waals surface area contributed by atoms with Crippen LogP contribution in [-0.4, -0.2) is 59.4 Å². The van der Waals surface area contributed by atoms with Crippen molar-refractivity contribution >= 4 is 11.7 Å². The summed E-state index contributed by atoms with van der Waals surface area (Å²) in [4.78, 5) is 20.9. The molecule has 1 saturated heterocycles. The van der Waals surface area contributed by atoms with Gasteiger partial charge in [-0.25, -0.2) is 9.67 Å². The Balaban J connectivity index is 1.78. The third kappa shape index (κ3) is 3.61. The third-order valence-electron chi connectivity index (χ3n) is 4.93. The maximum Gasteiger partial charge on any atom is 0.229 e. The summed E-state index contributed by atoms with van der Waals surface area (Å²) in [6.07, 6.45) is 2.22. The monoisotopic (exact) mass is 377 g/mol. The van der Waals surface area contributed by atoms with Crippen LogP contribution in [0.1, 0.15) is 6.42 Å². The number of anilines is 1. The minimum Gasteiger partial charge on any atom is -0.481 e. The number of likely N-dealkylation sites (N-methyl/N-ethyl adjacent to an activating group) is 1. The first-order valence-corrected chi connectivity index (χ1v) is 9.30. The lowest BCUT2D eigenvalue weighted by molar-refractivity contribution is -0.118. The van der Waals surface area contributed by atoms with Gasteiger partial charge in [-0.1, -0.05) is 30.3 Å². The Morgan fingerprint density at radius 2 is 1.86 bits per heavy atom. The molecule has 0 unspecified atom stereocenters. The Bertz CT molecular complexity index is 953. The number of methoxy groups -OCH3 is 1. The molecule has 2 aromatic heterocycles. The van der Waals surface area contributed by atoms with Crippen molar-refractivity contribution in [3.63, 3.8) is 0 Å². The van der Waals surface area contributed by atoms with Crippen LogP contribution in [0.25, 0.3) is 16.9 Å². The van der Waals surface area contributed by atoms with Crippen LogP contribution in [0, 0.1) is 0 Å². The van der Waals surface area contributed by atoms with Gasteiger partial charge in [-0.3, -0.25) is 9.69 Å². The van der Waals surface area contributed by atoms with Gasteiger partial charge in [0.05, 0.1) is 24.7 Å². The van der Waals surface area contributed by atoms with E-state index in [0.29, 0.717) is 24.7 Å². The molecule has 0 aliphatic carbocycles. The Morgan fingerprint density at radius 1 is 1.04 bits per heavy atom. The van der Waals surface area contributed by atoms with E-state index in [1.54, 1.807) is 24.3 Å². The maximum absolute atomic E-state index is 12.7. The van der Waals surface area contributed by atoms with Crippen LogP contribution < -0.4 is 9.64 Å². The number of carbonyl (C=O) groups is 1. The molecule has 1 amide bonds. The molecule has 4 rings (SSSR count). The fourth-order valence-electron chi connectivity index (χ4n) is 3.30. The van der Waals surface area contributed by atoms with Gasteiger partial charge in [-0.05, 0) is 13.1 Å². The molecule has 0 atom stereocenters. The van der Waals surface area contributed by atoms with Crippen molar-refractivity contribution in [2.75, 3.05) is 38.7 Å². The number of rotatable bonds is 4. The Kier molecular flexibility index (Phi) is 5.08. The molecule has 1 aliphatic rings. The van der Waals surface area contributed by atoms with E-state index >= 15 is 0 Å². The minimum atomic E-state index is 0.0986. The van der Waals surface area contributed by atoms with Crippen LogP contribution in [-0.2, 0) is 4.79 Å². The zero-order chi connectivity index (χ0) is 19.5. The quantitative estimate of drug-likeness (QED) is 0.699. The van der Waals surface area contributed by atoms with Crippen LogP contribution >= 0.6 is 0 Å². The molecule has 0 radical (unpaired) electrons. The molecular weight excluding hydrogens is 354 g/mol. The lowest BCUT2D eigenvalue weighted by Crippen LogP contribution is -2.32. The molecule has 0 N–H and O–H groups in total. The van der Waals surface area contributed by atoms with E-state index in [-0.39, 0.29) is 5.91 Å². The summed E-state index contributed by atoms with van der Waals surface area (Å²) in [6, 6.07) is 15.7. The number of benzene rings is 1. The average Bonchev–Trinajstić information content (AvgIpc) is 3.10. The van der Waals surface area contributed by atoms with Crippen molar-refractivity contribution in [1.82, 2.24) is 19.7 Å². The summed E-state index contributed by atoms with van der Waals surface area (Å²) in [5, 5.41) is 4.78. The lowest BCUT2D eigenvalue weighted by atomic mass is 10.1. The predicted molar refractivity (Wildman–Crippen MR) is 108 cm³/mol. The largest absolute Gasteiger partial charge is 0.481 e. The van der Waals surface area contributed by atoms with Crippen molar-refractivity contribution in [3.05, 3.63) is 54.7 Å². The molecule has 144 valence electrons. The van der Waals surface area contributed by atoms with E-state index in [2.05, 4.69) is 9.88 Å². The molecule has 0 saturated carbocycles. The molecule has 0 spiro atoms. The second kappa shape index (κ2) is 7.82. The molecule has 7 heteroatoms. The smallest absolute Gasteiger partial charge is 0.229 e. The summed E-state index contributed by atoms with van der Waals surface area (Å²) in [6.45, 7) is 2.22. The molecular formula is C21H23N5O2. The van der Waals surface area contributed by atoms with Gasteiger partial charge >= 0.3 is 0 Å². The highest BCUT2D eigenvalue weighted by Gasteiger charge is 2.24. The van der Waals surface area contributed by atoms with Crippen LogP contribution in [0.4, 0.5) is 5.82 Å². The van der Waals surface area contributed by atoms with Crippen LogP contribution in [0.2, 0.25) is 0 Å². The van der Waals surface area contributed by atoms with Crippen molar-refractivity contribution in [1.29, 1.82) is 0 Å². The summed E-state index contributed by atoms with van der Waals surface area (Å²) in [7, 11) is 3.62. The van der Waals surface area contributed by atoms with Gasteiger partial charge in [-0.2, -0.15) is 0 Å². The van der Waals surface area contributed by atoms with E-state index in [1.807, 2.05) is 54.2 Å². The lowest BCUT2D eigenvalue weighted by Gasteiger charge is -2.17. The van der Waals surface area contributed by atoms with E-state index in [9.17, 15) is 4.79 Å². The predicted octanol–water partition coefficient (Wildman–Crippen LogP) is 2.61. The number of aromatic nitrogens is 3. The fraction of sp³-hybridized carbons (Fsp3) is 0.286. The summed E-state index contributed by atoms with van der Waals surface area (Å²) >= 11 is 0. The van der Waals surface area contributed by atoms with E-state index in [1.165, 1.54) is 0 Å². The minimum absolute atomic E-state index is 0.0986. The second-order valence-corrected chi connectivity index (χ2v) is 6.82. The first-order valence-electron chi connectivity index (χ1n) is 9.30. The highest BCUT2D eigenvalue weighted by molar-refractivity contribution is 5.93. The van der Waals surface area contributed by atoms with E-state index < -0.39 is 0 Å². The second-order valence-electron chi connectivity index (χ2n) is 6.82. The fourth-order valence-corrected chi connectivity index (χ4v) is 3.30. The molecule has 3 aromatic rings. The Morgan fingerprint density at radius 3 is 2.57 bits per heavy atom. The number of nitrogens with zero attached hydrogens (tertiary/aromatic N) is 5. The van der Waals surface area contributed by atoms with Crippen molar-refractivity contribution in [2.45, 2.75) is 6.42 Å². The summed E-state index contributed by atoms with van der Waals surface area (Å²) < 4.78 is 6.99. The highest BCUT2D eigenvalue weighted by Crippen LogP contribution is 2.28. The standard InChI is InChI=1S/C21H23N5O2/c1-24-11-10-21(27)25(13-12-24)19-14-18(16-6-4-3-5-7-16)26(23-19)17-8-9-20(28-2)22-15-17/h3-9,14-15H,10-13H2,1-2H3. The van der Waals surface area contributed by atoms with Crippen LogP contribution in [0.15, 0.2) is 54.7 Å². The number of hydrogen-bond donors (Lipinski definition) is 0. The van der Waals surface area contributed by atoms with Crippen molar-refractivity contribution in [2.24, 2.45) is 0 Å². The van der Waals surface area contributed by atoms with Gasteiger partial charge in [0.25, 0.3) is 0 Å². The molecule has 28 heavy (non-hydrogen) atoms. The number of carbonyl (C=O) groups excluding carboxylic acids is 1. The first-order chi connectivity index (χ1) is 13.7. The van der Waals surface area contributed by atoms with Gasteiger partial charge in [0.1, 0.15) is 0 Å². The molecule has 1 aromatic carbocycles. The number of pyridine rings is 1. The number of hydrogen-bond acceptors (Lipinski definition) is 5. The molecule has 1 fully saturated rings. The maximum atomic E-state index is 12.7. The van der Waals surface area contributed by atoms with Crippen molar-refractivity contribution < 1.29 is 9.53 Å². The zero-order valence-electron chi connectivity index (χ0n) is 16.1. The number of ether oxygens (including phenoxy) is 1. The van der Waals surface area contributed by atoms with Gasteiger partial charge in [0.15, 0.2) is 5.82 Å².